The number of allylic oxidation sites excluding steroid dienone is 4. The van der Waals surface area contributed by atoms with Crippen LogP contribution in [0.25, 0.3) is 0 Å². The van der Waals surface area contributed by atoms with Crippen molar-refractivity contribution in [1.82, 2.24) is 0 Å². The summed E-state index contributed by atoms with van der Waals surface area (Å²) >= 11 is 0. The lowest BCUT2D eigenvalue weighted by atomic mass is 9.58. The molecule has 0 aromatic heterocycles. The molecule has 0 aromatic carbocycles. The fourth-order valence-corrected chi connectivity index (χ4v) is 4.66. The highest BCUT2D eigenvalue weighted by molar-refractivity contribution is 5.85. The molecule has 0 aliphatic heterocycles. The van der Waals surface area contributed by atoms with E-state index in [-0.39, 0.29) is 5.92 Å². The second-order valence-corrected chi connectivity index (χ2v) is 7.10. The summed E-state index contributed by atoms with van der Waals surface area (Å²) in [5.41, 5.74) is 1.52. The van der Waals surface area contributed by atoms with Crippen molar-refractivity contribution >= 4 is 5.78 Å². The van der Waals surface area contributed by atoms with Crippen LogP contribution in [0.5, 0.6) is 0 Å². The summed E-state index contributed by atoms with van der Waals surface area (Å²) in [4.78, 5) is 12.4. The van der Waals surface area contributed by atoms with Gasteiger partial charge in [-0.1, -0.05) is 44.6 Å². The summed E-state index contributed by atoms with van der Waals surface area (Å²) < 4.78 is 0. The van der Waals surface area contributed by atoms with Gasteiger partial charge in [-0.3, -0.25) is 4.79 Å². The van der Waals surface area contributed by atoms with Crippen LogP contribution in [-0.2, 0) is 4.79 Å². The predicted octanol–water partition coefficient (Wildman–Crippen LogP) is 4.40. The fraction of sp³-hybridized carbons (Fsp3) is 0.722. The van der Waals surface area contributed by atoms with E-state index in [9.17, 15) is 4.79 Å². The van der Waals surface area contributed by atoms with E-state index in [0.29, 0.717) is 35.4 Å². The first-order valence-electron chi connectivity index (χ1n) is 8.00. The molecule has 0 radical (unpaired) electrons. The first-order chi connectivity index (χ1) is 9.09. The van der Waals surface area contributed by atoms with Gasteiger partial charge in [0.25, 0.3) is 0 Å². The van der Waals surface area contributed by atoms with Crippen LogP contribution >= 0.6 is 0 Å². The molecule has 3 rings (SSSR count). The Morgan fingerprint density at radius 1 is 1.21 bits per heavy atom. The molecule has 0 saturated heterocycles. The molecule has 0 heterocycles. The third-order valence-electron chi connectivity index (χ3n) is 5.69. The normalized spacial score (nSPS) is 43.5. The molecule has 19 heavy (non-hydrogen) atoms. The van der Waals surface area contributed by atoms with Gasteiger partial charge in [0.15, 0.2) is 0 Å². The molecule has 0 aromatic rings. The van der Waals surface area contributed by atoms with Crippen LogP contribution in [0, 0.1) is 35.5 Å². The lowest BCUT2D eigenvalue weighted by Gasteiger charge is -2.45. The molecule has 0 amide bonds. The molecule has 0 spiro atoms. The average Bonchev–Trinajstić information content (AvgIpc) is 2.39. The van der Waals surface area contributed by atoms with E-state index >= 15 is 0 Å². The van der Waals surface area contributed by atoms with Crippen LogP contribution < -0.4 is 0 Å². The van der Waals surface area contributed by atoms with Gasteiger partial charge in [-0.05, 0) is 48.9 Å². The molecule has 0 unspecified atom stereocenters. The number of carbonyl (C=O) groups excluding carboxylic acids is 1. The molecular formula is C18H26O. The van der Waals surface area contributed by atoms with Crippen LogP contribution in [0.2, 0.25) is 0 Å². The Balaban J connectivity index is 2.07. The molecule has 1 heteroatoms. The monoisotopic (exact) mass is 258 g/mol. The number of Topliss-reactive ketones (excluding diaryl/α,β-unsaturated/α-hetero) is 1. The molecule has 1 saturated carbocycles. The second kappa shape index (κ2) is 4.92. The Labute approximate surface area is 117 Å². The third kappa shape index (κ3) is 2.11. The van der Waals surface area contributed by atoms with Gasteiger partial charge >= 0.3 is 0 Å². The van der Waals surface area contributed by atoms with E-state index in [0.717, 1.165) is 12.8 Å². The third-order valence-corrected chi connectivity index (χ3v) is 5.69. The molecule has 5 atom stereocenters. The van der Waals surface area contributed by atoms with Gasteiger partial charge in [0.2, 0.25) is 0 Å². The van der Waals surface area contributed by atoms with Crippen LogP contribution in [0.15, 0.2) is 23.8 Å². The van der Waals surface area contributed by atoms with Crippen LogP contribution in [0.3, 0.4) is 0 Å². The number of hydrogen-bond donors (Lipinski definition) is 0. The van der Waals surface area contributed by atoms with Gasteiger partial charge in [-0.15, -0.1) is 0 Å². The largest absolute Gasteiger partial charge is 0.299 e. The number of rotatable bonds is 1. The zero-order valence-electron chi connectivity index (χ0n) is 12.4. The summed E-state index contributed by atoms with van der Waals surface area (Å²) in [6.07, 6.45) is 11.6. The summed E-state index contributed by atoms with van der Waals surface area (Å²) in [6.45, 7) is 6.96. The first-order valence-corrected chi connectivity index (χ1v) is 8.00. The zero-order valence-corrected chi connectivity index (χ0v) is 12.4. The highest BCUT2D eigenvalue weighted by atomic mass is 16.1. The van der Waals surface area contributed by atoms with Gasteiger partial charge in [0, 0.05) is 12.3 Å². The van der Waals surface area contributed by atoms with E-state index in [1.807, 2.05) is 0 Å². The van der Waals surface area contributed by atoms with E-state index in [4.69, 9.17) is 0 Å². The number of carbonyl (C=O) groups is 1. The van der Waals surface area contributed by atoms with E-state index in [1.165, 1.54) is 18.4 Å². The van der Waals surface area contributed by atoms with Crippen molar-refractivity contribution in [3.8, 4) is 0 Å². The minimum absolute atomic E-state index is 0.258. The van der Waals surface area contributed by atoms with Crippen LogP contribution in [0.4, 0.5) is 0 Å². The average molecular weight is 258 g/mol. The summed E-state index contributed by atoms with van der Waals surface area (Å²) in [5, 5.41) is 0. The van der Waals surface area contributed by atoms with Crippen LogP contribution in [0.1, 0.15) is 46.5 Å². The fourth-order valence-electron chi connectivity index (χ4n) is 4.66. The smallest absolute Gasteiger partial charge is 0.140 e. The maximum Gasteiger partial charge on any atom is 0.140 e. The zero-order chi connectivity index (χ0) is 13.6. The molecule has 3 aliphatic rings. The van der Waals surface area contributed by atoms with Crippen molar-refractivity contribution in [2.75, 3.05) is 0 Å². The Bertz CT molecular complexity index is 429. The second-order valence-electron chi connectivity index (χ2n) is 7.10. The Hall–Kier alpha value is -0.850. The Morgan fingerprint density at radius 2 is 2.00 bits per heavy atom. The maximum atomic E-state index is 12.4. The van der Waals surface area contributed by atoms with E-state index in [2.05, 4.69) is 39.0 Å². The SMILES string of the molecule is CC(C)[C@H]1/C=C\[C@@H](C)[C@@H]2CCC=C3[C@@H]2C(=O)CC[C@H]31. The molecule has 4 bridgehead atoms. The van der Waals surface area contributed by atoms with Crippen molar-refractivity contribution in [2.45, 2.75) is 46.5 Å². The van der Waals surface area contributed by atoms with Crippen molar-refractivity contribution in [2.24, 2.45) is 35.5 Å². The van der Waals surface area contributed by atoms with Crippen molar-refractivity contribution in [1.29, 1.82) is 0 Å². The van der Waals surface area contributed by atoms with E-state index in [1.54, 1.807) is 0 Å². The van der Waals surface area contributed by atoms with Gasteiger partial charge in [-0.2, -0.15) is 0 Å². The lowest BCUT2D eigenvalue weighted by Crippen LogP contribution is -2.41. The molecular weight excluding hydrogens is 232 g/mol. The molecule has 3 aliphatic carbocycles. The van der Waals surface area contributed by atoms with Gasteiger partial charge < -0.3 is 0 Å². The standard InChI is InChI=1S/C18H26O/c1-11(2)13-8-7-12(3)14-5-4-6-16-15(13)9-10-17(19)18(14)16/h6-8,11-15,18H,4-5,9-10H2,1-3H3/b8-7-/t12-,13-,14+,15+,18-/m1/s1. The highest BCUT2D eigenvalue weighted by Gasteiger charge is 2.44. The topological polar surface area (TPSA) is 17.1 Å². The molecule has 104 valence electrons. The Morgan fingerprint density at radius 3 is 2.74 bits per heavy atom. The molecule has 0 N–H and O–H groups in total. The van der Waals surface area contributed by atoms with E-state index < -0.39 is 0 Å². The van der Waals surface area contributed by atoms with Crippen molar-refractivity contribution < 1.29 is 4.79 Å². The lowest BCUT2D eigenvalue weighted by molar-refractivity contribution is -0.126. The predicted molar refractivity (Wildman–Crippen MR) is 78.7 cm³/mol. The van der Waals surface area contributed by atoms with Gasteiger partial charge in [0.05, 0.1) is 0 Å². The summed E-state index contributed by atoms with van der Waals surface area (Å²) in [6, 6.07) is 0. The molecule has 1 nitrogen and oxygen atoms in total. The van der Waals surface area contributed by atoms with Gasteiger partial charge in [0.1, 0.15) is 5.78 Å². The van der Waals surface area contributed by atoms with Crippen LogP contribution in [-0.4, -0.2) is 5.78 Å². The minimum atomic E-state index is 0.258. The van der Waals surface area contributed by atoms with Crippen molar-refractivity contribution in [3.63, 3.8) is 0 Å². The number of ketones is 1. The molecule has 1 fully saturated rings. The first kappa shape index (κ1) is 13.1. The van der Waals surface area contributed by atoms with Gasteiger partial charge in [-0.25, -0.2) is 0 Å². The highest BCUT2D eigenvalue weighted by Crippen LogP contribution is 2.49. The Kier molecular flexibility index (Phi) is 3.41. The maximum absolute atomic E-state index is 12.4. The summed E-state index contributed by atoms with van der Waals surface area (Å²) in [5.74, 6) is 3.84. The number of hydrogen-bond acceptors (Lipinski definition) is 1. The summed E-state index contributed by atoms with van der Waals surface area (Å²) in [7, 11) is 0. The minimum Gasteiger partial charge on any atom is -0.299 e. The van der Waals surface area contributed by atoms with Crippen molar-refractivity contribution in [3.05, 3.63) is 23.8 Å². The quantitative estimate of drug-likeness (QED) is 0.637.